The number of ether oxygens (including phenoxy) is 3. The number of unbranched alkanes of at least 4 members (excludes halogenated alkanes) is 11. The van der Waals surface area contributed by atoms with Crippen LogP contribution in [0.1, 0.15) is 144 Å². The number of carbonyl (C=O) groups excluding carboxylic acids is 1. The first-order chi connectivity index (χ1) is 15.3. The fourth-order valence-electron chi connectivity index (χ4n) is 3.57. The molecule has 0 aromatic rings. The van der Waals surface area contributed by atoms with Crippen molar-refractivity contribution in [3.05, 3.63) is 0 Å². The van der Waals surface area contributed by atoms with Crippen LogP contribution in [0, 0.1) is 5.41 Å². The standard InChI is InChI=1S/C28H56O4/c1-7-9-11-15-19-23-30-26(31-24-20-16-12-10-8-2)22-18-14-13-17-21-25(3)32-27(29)28(4,5)6/h25-26H,7-24H2,1-6H3. The summed E-state index contributed by atoms with van der Waals surface area (Å²) in [5.41, 5.74) is -0.421. The summed E-state index contributed by atoms with van der Waals surface area (Å²) in [5, 5.41) is 0. The molecule has 0 amide bonds. The van der Waals surface area contributed by atoms with Crippen molar-refractivity contribution >= 4 is 5.97 Å². The van der Waals surface area contributed by atoms with Crippen molar-refractivity contribution in [1.29, 1.82) is 0 Å². The molecule has 32 heavy (non-hydrogen) atoms. The Morgan fingerprint density at radius 3 is 1.56 bits per heavy atom. The number of esters is 1. The van der Waals surface area contributed by atoms with Crippen LogP contribution < -0.4 is 0 Å². The summed E-state index contributed by atoms with van der Waals surface area (Å²) in [7, 11) is 0. The van der Waals surface area contributed by atoms with Crippen LogP contribution >= 0.6 is 0 Å². The van der Waals surface area contributed by atoms with E-state index < -0.39 is 5.41 Å². The monoisotopic (exact) mass is 456 g/mol. The molecule has 0 aromatic heterocycles. The second-order valence-electron chi connectivity index (χ2n) is 10.5. The minimum Gasteiger partial charge on any atom is -0.462 e. The normalized spacial score (nSPS) is 13.0. The van der Waals surface area contributed by atoms with E-state index in [0.717, 1.165) is 58.2 Å². The van der Waals surface area contributed by atoms with Gasteiger partial charge < -0.3 is 14.2 Å². The fraction of sp³-hybridized carbons (Fsp3) is 0.964. The molecule has 0 radical (unpaired) electrons. The molecule has 4 heteroatoms. The predicted octanol–water partition coefficient (Wildman–Crippen LogP) is 8.60. The predicted molar refractivity (Wildman–Crippen MR) is 136 cm³/mol. The molecule has 0 heterocycles. The van der Waals surface area contributed by atoms with Crippen LogP contribution in [0.4, 0.5) is 0 Å². The largest absolute Gasteiger partial charge is 0.462 e. The second kappa shape index (κ2) is 21.0. The lowest BCUT2D eigenvalue weighted by Gasteiger charge is -2.21. The van der Waals surface area contributed by atoms with Crippen LogP contribution in [0.25, 0.3) is 0 Å². The first-order valence-corrected chi connectivity index (χ1v) is 13.8. The zero-order valence-corrected chi connectivity index (χ0v) is 22.5. The number of carbonyl (C=O) groups is 1. The van der Waals surface area contributed by atoms with Crippen LogP contribution in [-0.4, -0.2) is 31.6 Å². The van der Waals surface area contributed by atoms with E-state index >= 15 is 0 Å². The Labute approximate surface area is 200 Å². The molecule has 0 aliphatic rings. The van der Waals surface area contributed by atoms with Gasteiger partial charge in [-0.15, -0.1) is 0 Å². The van der Waals surface area contributed by atoms with E-state index in [4.69, 9.17) is 14.2 Å². The van der Waals surface area contributed by atoms with Crippen molar-refractivity contribution in [3.8, 4) is 0 Å². The average molecular weight is 457 g/mol. The average Bonchev–Trinajstić information content (AvgIpc) is 2.74. The van der Waals surface area contributed by atoms with Gasteiger partial charge in [-0.2, -0.15) is 0 Å². The van der Waals surface area contributed by atoms with Crippen LogP contribution in [0.5, 0.6) is 0 Å². The highest BCUT2D eigenvalue weighted by atomic mass is 16.7. The van der Waals surface area contributed by atoms with Crippen molar-refractivity contribution < 1.29 is 19.0 Å². The van der Waals surface area contributed by atoms with E-state index in [-0.39, 0.29) is 18.4 Å². The third kappa shape index (κ3) is 20.0. The van der Waals surface area contributed by atoms with E-state index in [0.29, 0.717) is 0 Å². The highest BCUT2D eigenvalue weighted by molar-refractivity contribution is 5.75. The Kier molecular flexibility index (Phi) is 20.6. The van der Waals surface area contributed by atoms with Crippen molar-refractivity contribution in [2.45, 2.75) is 157 Å². The number of hydrogen-bond acceptors (Lipinski definition) is 4. The summed E-state index contributed by atoms with van der Waals surface area (Å²) in [4.78, 5) is 12.0. The third-order valence-corrected chi connectivity index (χ3v) is 5.82. The van der Waals surface area contributed by atoms with Gasteiger partial charge in [0.15, 0.2) is 6.29 Å². The van der Waals surface area contributed by atoms with E-state index in [9.17, 15) is 4.79 Å². The Hall–Kier alpha value is -0.610. The van der Waals surface area contributed by atoms with Gasteiger partial charge in [0, 0.05) is 13.2 Å². The van der Waals surface area contributed by atoms with Gasteiger partial charge in [0.2, 0.25) is 0 Å². The van der Waals surface area contributed by atoms with Gasteiger partial charge in [-0.05, 0) is 66.2 Å². The number of rotatable bonds is 22. The minimum absolute atomic E-state index is 0.00144. The molecule has 0 bridgehead atoms. The van der Waals surface area contributed by atoms with Gasteiger partial charge in [0.05, 0.1) is 11.5 Å². The van der Waals surface area contributed by atoms with E-state index in [1.807, 2.05) is 27.7 Å². The van der Waals surface area contributed by atoms with Gasteiger partial charge in [0.25, 0.3) is 0 Å². The van der Waals surface area contributed by atoms with Crippen LogP contribution in [-0.2, 0) is 19.0 Å². The van der Waals surface area contributed by atoms with Gasteiger partial charge in [-0.3, -0.25) is 4.79 Å². The van der Waals surface area contributed by atoms with Crippen molar-refractivity contribution in [2.24, 2.45) is 5.41 Å². The molecule has 4 nitrogen and oxygen atoms in total. The molecule has 1 unspecified atom stereocenters. The summed E-state index contributed by atoms with van der Waals surface area (Å²) >= 11 is 0. The first-order valence-electron chi connectivity index (χ1n) is 13.8. The van der Waals surface area contributed by atoms with E-state index in [1.165, 1.54) is 57.8 Å². The second-order valence-corrected chi connectivity index (χ2v) is 10.5. The number of hydrogen-bond donors (Lipinski definition) is 0. The highest BCUT2D eigenvalue weighted by Gasteiger charge is 2.24. The Morgan fingerprint density at radius 2 is 1.09 bits per heavy atom. The molecule has 0 fully saturated rings. The van der Waals surface area contributed by atoms with Crippen LogP contribution in [0.3, 0.4) is 0 Å². The lowest BCUT2D eigenvalue weighted by molar-refractivity contribution is -0.158. The zero-order chi connectivity index (χ0) is 24.1. The van der Waals surface area contributed by atoms with E-state index in [1.54, 1.807) is 0 Å². The Balaban J connectivity index is 4.00. The maximum absolute atomic E-state index is 12.0. The van der Waals surface area contributed by atoms with Crippen LogP contribution in [0.15, 0.2) is 0 Å². The topological polar surface area (TPSA) is 44.8 Å². The molecule has 0 saturated heterocycles. The van der Waals surface area contributed by atoms with Crippen LogP contribution in [0.2, 0.25) is 0 Å². The molecule has 0 aliphatic carbocycles. The van der Waals surface area contributed by atoms with Crippen molar-refractivity contribution in [1.82, 2.24) is 0 Å². The summed E-state index contributed by atoms with van der Waals surface area (Å²) in [6, 6.07) is 0. The third-order valence-electron chi connectivity index (χ3n) is 5.82. The SMILES string of the molecule is CCCCCCCOC(CCCCCCC(C)OC(=O)C(C)(C)C)OCCCCCCC. The summed E-state index contributed by atoms with van der Waals surface area (Å²) in [6.45, 7) is 13.8. The smallest absolute Gasteiger partial charge is 0.311 e. The molecule has 0 aromatic carbocycles. The van der Waals surface area contributed by atoms with Gasteiger partial charge >= 0.3 is 5.97 Å². The lowest BCUT2D eigenvalue weighted by atomic mass is 9.97. The molecule has 0 N–H and O–H groups in total. The maximum Gasteiger partial charge on any atom is 0.311 e. The molecular formula is C28H56O4. The molecule has 0 saturated carbocycles. The summed E-state index contributed by atoms with van der Waals surface area (Å²) in [5.74, 6) is -0.105. The molecular weight excluding hydrogens is 400 g/mol. The lowest BCUT2D eigenvalue weighted by Crippen LogP contribution is -2.26. The molecule has 1 atom stereocenters. The Bertz CT molecular complexity index is 400. The molecule has 192 valence electrons. The fourth-order valence-corrected chi connectivity index (χ4v) is 3.57. The Morgan fingerprint density at radius 1 is 0.656 bits per heavy atom. The van der Waals surface area contributed by atoms with Crippen molar-refractivity contribution in [2.75, 3.05) is 13.2 Å². The van der Waals surface area contributed by atoms with Gasteiger partial charge in [0.1, 0.15) is 0 Å². The van der Waals surface area contributed by atoms with E-state index in [2.05, 4.69) is 13.8 Å². The molecule has 0 aliphatic heterocycles. The zero-order valence-electron chi connectivity index (χ0n) is 22.5. The van der Waals surface area contributed by atoms with Gasteiger partial charge in [-0.1, -0.05) is 78.1 Å². The quantitative estimate of drug-likeness (QED) is 0.0929. The molecule has 0 spiro atoms. The minimum atomic E-state index is -0.421. The molecule has 0 rings (SSSR count). The van der Waals surface area contributed by atoms with Crippen molar-refractivity contribution in [3.63, 3.8) is 0 Å². The summed E-state index contributed by atoms with van der Waals surface area (Å²) < 4.78 is 17.7. The highest BCUT2D eigenvalue weighted by Crippen LogP contribution is 2.19. The maximum atomic E-state index is 12.0. The summed E-state index contributed by atoms with van der Waals surface area (Å²) in [6.07, 6.45) is 19.1. The van der Waals surface area contributed by atoms with Gasteiger partial charge in [-0.25, -0.2) is 0 Å². The first kappa shape index (κ1) is 31.4.